The van der Waals surface area contributed by atoms with Crippen LogP contribution >= 0.6 is 151 Å². The molecule has 4 nitrogen and oxygen atoms in total. The third-order valence-corrected chi connectivity index (χ3v) is 16.2. The van der Waals surface area contributed by atoms with Crippen molar-refractivity contribution >= 4 is 151 Å². The quantitative estimate of drug-likeness (QED) is 0.102. The first-order valence-electron chi connectivity index (χ1n) is 8.24. The van der Waals surface area contributed by atoms with Crippen LogP contribution in [0.2, 0.25) is 0 Å². The zero-order valence-corrected chi connectivity index (χ0v) is 30.6. The Labute approximate surface area is 250 Å². The molecule has 0 amide bonds. The van der Waals surface area contributed by atoms with E-state index in [4.69, 9.17) is 13.6 Å². The fourth-order valence-electron chi connectivity index (χ4n) is 1.43. The molecule has 0 aliphatic carbocycles. The van der Waals surface area contributed by atoms with Gasteiger partial charge in [-0.25, -0.2) is 4.57 Å². The molecule has 0 aliphatic rings. The number of alkyl halides is 9. The molecule has 14 heteroatoms. The summed E-state index contributed by atoms with van der Waals surface area (Å²) in [5, 5.41) is 5.99. The average Bonchev–Trinajstić information content (AvgIpc) is 2.78. The van der Waals surface area contributed by atoms with Crippen molar-refractivity contribution in [1.82, 2.24) is 0 Å². The Morgan fingerprint density at radius 2 is 0.621 bits per heavy atom. The summed E-state index contributed by atoms with van der Waals surface area (Å²) in [4.78, 5) is 0. The highest BCUT2D eigenvalue weighted by molar-refractivity contribution is 9.11. The minimum atomic E-state index is -3.81. The maximum absolute atomic E-state index is 13.6. The Bertz CT molecular complexity index is 397. The molecule has 0 aromatic carbocycles. The molecule has 29 heavy (non-hydrogen) atoms. The SMILES string of the molecule is O=P(OCC(CBr)(CBr)CBr)(OCC(CBr)(CBr)CBr)OCC(CBr)(CBr)CBr. The second-order valence-corrected chi connectivity index (χ2v) is 13.7. The van der Waals surface area contributed by atoms with Gasteiger partial charge in [-0.2, -0.15) is 0 Å². The fourth-order valence-corrected chi connectivity index (χ4v) is 12.8. The van der Waals surface area contributed by atoms with Gasteiger partial charge in [-0.3, -0.25) is 13.6 Å². The Morgan fingerprint density at radius 1 is 0.448 bits per heavy atom. The third-order valence-electron chi connectivity index (χ3n) is 4.14. The Balaban J connectivity index is 5.53. The summed E-state index contributed by atoms with van der Waals surface area (Å²) in [6.45, 7) is 0.625. The Hall–Kier alpha value is 4.43. The van der Waals surface area contributed by atoms with Gasteiger partial charge in [0.15, 0.2) is 0 Å². The van der Waals surface area contributed by atoms with Crippen LogP contribution in [0.5, 0.6) is 0 Å². The van der Waals surface area contributed by atoms with Crippen molar-refractivity contribution in [1.29, 1.82) is 0 Å². The molecule has 0 atom stereocenters. The molecular formula is C15H24Br9O4P. The summed E-state index contributed by atoms with van der Waals surface area (Å²) in [5.74, 6) is 0. The molecule has 0 N–H and O–H groups in total. The maximum Gasteiger partial charge on any atom is 0.474 e. The van der Waals surface area contributed by atoms with E-state index in [0.29, 0.717) is 48.0 Å². The molecule has 0 aromatic rings. The van der Waals surface area contributed by atoms with Gasteiger partial charge >= 0.3 is 7.82 Å². The minimum absolute atomic E-state index is 0.208. The van der Waals surface area contributed by atoms with E-state index >= 15 is 0 Å². The third kappa shape index (κ3) is 10.9. The number of rotatable bonds is 18. The van der Waals surface area contributed by atoms with Gasteiger partial charge < -0.3 is 0 Å². The zero-order valence-electron chi connectivity index (χ0n) is 15.5. The van der Waals surface area contributed by atoms with Crippen LogP contribution < -0.4 is 0 Å². The van der Waals surface area contributed by atoms with Gasteiger partial charge in [-0.1, -0.05) is 143 Å². The average molecular weight is 1020 g/mol. The van der Waals surface area contributed by atoms with E-state index in [1.165, 1.54) is 0 Å². The van der Waals surface area contributed by atoms with E-state index in [-0.39, 0.29) is 36.1 Å². The van der Waals surface area contributed by atoms with Crippen molar-refractivity contribution in [3.63, 3.8) is 0 Å². The zero-order chi connectivity index (χ0) is 22.6. The number of hydrogen-bond donors (Lipinski definition) is 0. The van der Waals surface area contributed by atoms with Gasteiger partial charge in [0, 0.05) is 64.2 Å². The summed E-state index contributed by atoms with van der Waals surface area (Å²) in [7, 11) is -3.81. The molecule has 0 spiro atoms. The van der Waals surface area contributed by atoms with Crippen molar-refractivity contribution in [2.24, 2.45) is 16.2 Å². The van der Waals surface area contributed by atoms with Crippen LogP contribution in [0.3, 0.4) is 0 Å². The summed E-state index contributed by atoms with van der Waals surface area (Å²) in [5.41, 5.74) is -0.842. The van der Waals surface area contributed by atoms with E-state index in [0.717, 1.165) is 0 Å². The van der Waals surface area contributed by atoms with Crippen LogP contribution in [0.15, 0.2) is 0 Å². The van der Waals surface area contributed by atoms with Gasteiger partial charge in [-0.05, 0) is 0 Å². The smallest absolute Gasteiger partial charge is 0.286 e. The molecule has 0 saturated heterocycles. The minimum Gasteiger partial charge on any atom is -0.286 e. The molecule has 0 bridgehead atoms. The van der Waals surface area contributed by atoms with Crippen LogP contribution in [0.1, 0.15) is 0 Å². The first kappa shape index (κ1) is 33.4. The van der Waals surface area contributed by atoms with Gasteiger partial charge in [-0.15, -0.1) is 0 Å². The lowest BCUT2D eigenvalue weighted by Gasteiger charge is -2.34. The highest BCUT2D eigenvalue weighted by atomic mass is 79.9. The van der Waals surface area contributed by atoms with Crippen LogP contribution in [0.25, 0.3) is 0 Å². The van der Waals surface area contributed by atoms with Crippen molar-refractivity contribution in [3.8, 4) is 0 Å². The molecule has 0 fully saturated rings. The normalized spacial score (nSPS) is 13.8. The van der Waals surface area contributed by atoms with Gasteiger partial charge in [0.05, 0.1) is 19.8 Å². The maximum atomic E-state index is 13.6. The van der Waals surface area contributed by atoms with Crippen LogP contribution in [0, 0.1) is 16.2 Å². The predicted molar refractivity (Wildman–Crippen MR) is 157 cm³/mol. The molecule has 0 saturated carbocycles. The van der Waals surface area contributed by atoms with E-state index < -0.39 is 7.82 Å². The number of phosphoric acid groups is 1. The first-order valence-corrected chi connectivity index (χ1v) is 19.8. The molecule has 0 aliphatic heterocycles. The number of hydrogen-bond acceptors (Lipinski definition) is 4. The summed E-state index contributed by atoms with van der Waals surface area (Å²) in [6.07, 6.45) is 0. The summed E-state index contributed by atoms with van der Waals surface area (Å²) in [6, 6.07) is 0. The first-order chi connectivity index (χ1) is 13.7. The standard InChI is InChI=1S/C15H24Br9O4P/c16-1-13(2-17,3-18)10-26-29(25,27-11-14(4-19,5-20)6-21)28-12-15(7-22,8-23)9-24/h1-12H2. The van der Waals surface area contributed by atoms with E-state index in [9.17, 15) is 4.57 Å². The summed E-state index contributed by atoms with van der Waals surface area (Å²) >= 11 is 31.7. The highest BCUT2D eigenvalue weighted by Crippen LogP contribution is 2.53. The van der Waals surface area contributed by atoms with Crippen molar-refractivity contribution < 1.29 is 18.1 Å². The second kappa shape index (κ2) is 17.0. The highest BCUT2D eigenvalue weighted by Gasteiger charge is 2.40. The lowest BCUT2D eigenvalue weighted by Crippen LogP contribution is -2.36. The van der Waals surface area contributed by atoms with Crippen molar-refractivity contribution in [3.05, 3.63) is 0 Å². The summed E-state index contributed by atoms with van der Waals surface area (Å²) < 4.78 is 31.2. The number of halogens is 9. The molecule has 0 unspecified atom stereocenters. The van der Waals surface area contributed by atoms with Gasteiger partial charge in [0.1, 0.15) is 0 Å². The largest absolute Gasteiger partial charge is 0.474 e. The van der Waals surface area contributed by atoms with E-state index in [1.807, 2.05) is 0 Å². The van der Waals surface area contributed by atoms with Crippen molar-refractivity contribution in [2.45, 2.75) is 0 Å². The predicted octanol–water partition coefficient (Wildman–Crippen LogP) is 8.66. The molecule has 0 radical (unpaired) electrons. The van der Waals surface area contributed by atoms with E-state index in [2.05, 4.69) is 143 Å². The Morgan fingerprint density at radius 3 is 0.759 bits per heavy atom. The Kier molecular flexibility index (Phi) is 19.6. The monoisotopic (exact) mass is 1010 g/mol. The molecular weight excluding hydrogens is 994 g/mol. The fraction of sp³-hybridized carbons (Fsp3) is 1.00. The second-order valence-electron chi connectivity index (χ2n) is 6.97. The lowest BCUT2D eigenvalue weighted by molar-refractivity contribution is 0.0580. The number of phosphoric ester groups is 1. The van der Waals surface area contributed by atoms with Crippen LogP contribution in [0.4, 0.5) is 0 Å². The topological polar surface area (TPSA) is 44.8 Å². The van der Waals surface area contributed by atoms with Crippen molar-refractivity contribution in [2.75, 3.05) is 67.8 Å². The molecule has 0 rings (SSSR count). The van der Waals surface area contributed by atoms with Crippen LogP contribution in [-0.2, 0) is 18.1 Å². The van der Waals surface area contributed by atoms with Gasteiger partial charge in [0.2, 0.25) is 0 Å². The van der Waals surface area contributed by atoms with E-state index in [1.54, 1.807) is 0 Å². The van der Waals surface area contributed by atoms with Gasteiger partial charge in [0.25, 0.3) is 0 Å². The molecule has 0 aromatic heterocycles. The lowest BCUT2D eigenvalue weighted by atomic mass is 9.98. The van der Waals surface area contributed by atoms with Crippen LogP contribution in [-0.4, -0.2) is 67.8 Å². The molecule has 176 valence electrons. The molecule has 0 heterocycles.